The lowest BCUT2D eigenvalue weighted by atomic mass is 10.4. The van der Waals surface area contributed by atoms with E-state index in [1.165, 1.54) is 6.92 Å². The van der Waals surface area contributed by atoms with Crippen molar-refractivity contribution in [3.63, 3.8) is 0 Å². The van der Waals surface area contributed by atoms with Gasteiger partial charge in [0.2, 0.25) is 11.7 Å². The van der Waals surface area contributed by atoms with Crippen LogP contribution in [-0.2, 0) is 14.4 Å². The fraction of sp³-hybridized carbons (Fsp3) is 0.400. The number of rotatable bonds is 3. The van der Waals surface area contributed by atoms with Gasteiger partial charge < -0.3 is 11.1 Å². The van der Waals surface area contributed by atoms with Crippen LogP contribution in [0.4, 0.5) is 0 Å². The van der Waals surface area contributed by atoms with Gasteiger partial charge in [0.25, 0.3) is 5.91 Å². The summed E-state index contributed by atoms with van der Waals surface area (Å²) in [5.74, 6) is -2.20. The largest absolute Gasteiger partial charge is 0.363 e. The van der Waals surface area contributed by atoms with Gasteiger partial charge in [-0.2, -0.15) is 0 Å². The quantitative estimate of drug-likeness (QED) is 0.457. The molecular weight excluding hydrogens is 136 g/mol. The number of carbonyl (C=O) groups is 3. The van der Waals surface area contributed by atoms with Gasteiger partial charge in [-0.25, -0.2) is 0 Å². The standard InChI is InChI=1S/C5H8N2O3/c1-3(8)7-2-4(9)5(6)10/h2H2,1H3,(H2,6,10)(H,7,8). The van der Waals surface area contributed by atoms with Crippen LogP contribution in [0.3, 0.4) is 0 Å². The minimum absolute atomic E-state index is 0.315. The first kappa shape index (κ1) is 8.61. The van der Waals surface area contributed by atoms with E-state index in [2.05, 4.69) is 11.1 Å². The van der Waals surface area contributed by atoms with Gasteiger partial charge in [0.05, 0.1) is 6.54 Å². The Labute approximate surface area is 57.6 Å². The second-order valence-corrected chi connectivity index (χ2v) is 1.70. The summed E-state index contributed by atoms with van der Waals surface area (Å²) in [4.78, 5) is 30.5. The van der Waals surface area contributed by atoms with Crippen molar-refractivity contribution < 1.29 is 14.4 Å². The third-order valence-electron chi connectivity index (χ3n) is 0.773. The maximum Gasteiger partial charge on any atom is 0.286 e. The molecular formula is C5H8N2O3. The van der Waals surface area contributed by atoms with Gasteiger partial charge in [0.1, 0.15) is 0 Å². The van der Waals surface area contributed by atoms with E-state index < -0.39 is 11.7 Å². The van der Waals surface area contributed by atoms with Gasteiger partial charge in [-0.15, -0.1) is 0 Å². The minimum Gasteiger partial charge on any atom is -0.363 e. The Morgan fingerprint density at radius 1 is 1.40 bits per heavy atom. The van der Waals surface area contributed by atoms with Crippen LogP contribution in [0, 0.1) is 0 Å². The van der Waals surface area contributed by atoms with Crippen LogP contribution in [0.2, 0.25) is 0 Å². The monoisotopic (exact) mass is 144 g/mol. The van der Waals surface area contributed by atoms with Crippen LogP contribution in [0.5, 0.6) is 0 Å². The van der Waals surface area contributed by atoms with Crippen molar-refractivity contribution in [3.05, 3.63) is 0 Å². The van der Waals surface area contributed by atoms with E-state index >= 15 is 0 Å². The molecule has 3 N–H and O–H groups in total. The Bertz CT molecular complexity index is 176. The van der Waals surface area contributed by atoms with E-state index in [-0.39, 0.29) is 12.5 Å². The van der Waals surface area contributed by atoms with Crippen molar-refractivity contribution in [1.29, 1.82) is 0 Å². The highest BCUT2D eigenvalue weighted by Gasteiger charge is 2.07. The van der Waals surface area contributed by atoms with Gasteiger partial charge in [-0.1, -0.05) is 0 Å². The SMILES string of the molecule is CC(=O)NCC(=O)C(N)=O. The molecule has 5 nitrogen and oxygen atoms in total. The molecule has 56 valence electrons. The third-order valence-corrected chi connectivity index (χ3v) is 0.773. The van der Waals surface area contributed by atoms with Crippen molar-refractivity contribution in [2.24, 2.45) is 5.73 Å². The van der Waals surface area contributed by atoms with Crippen LogP contribution in [0.1, 0.15) is 6.92 Å². The molecule has 0 saturated heterocycles. The molecule has 0 aliphatic carbocycles. The van der Waals surface area contributed by atoms with Gasteiger partial charge in [-0.3, -0.25) is 14.4 Å². The summed E-state index contributed by atoms with van der Waals surface area (Å²) < 4.78 is 0. The normalized spacial score (nSPS) is 8.50. The average Bonchev–Trinajstić information content (AvgIpc) is 1.82. The van der Waals surface area contributed by atoms with E-state index in [1.807, 2.05) is 0 Å². The molecule has 10 heavy (non-hydrogen) atoms. The molecule has 0 unspecified atom stereocenters. The molecule has 0 radical (unpaired) electrons. The smallest absolute Gasteiger partial charge is 0.286 e. The number of Topliss-reactive ketones (excluding diaryl/α,β-unsaturated/α-hetero) is 1. The molecule has 0 aliphatic heterocycles. The fourth-order valence-electron chi connectivity index (χ4n) is 0.292. The van der Waals surface area contributed by atoms with E-state index in [0.717, 1.165) is 0 Å². The molecule has 0 aromatic carbocycles. The molecule has 0 rings (SSSR count). The first-order valence-electron chi connectivity index (χ1n) is 2.61. The third kappa shape index (κ3) is 3.59. The molecule has 0 aromatic rings. The Kier molecular flexibility index (Phi) is 3.10. The van der Waals surface area contributed by atoms with Gasteiger partial charge in [0, 0.05) is 6.92 Å². The minimum atomic E-state index is -1.03. The zero-order chi connectivity index (χ0) is 8.15. The van der Waals surface area contributed by atoms with Crippen molar-refractivity contribution in [2.45, 2.75) is 6.92 Å². The lowest BCUT2D eigenvalue weighted by Crippen LogP contribution is -2.35. The van der Waals surface area contributed by atoms with E-state index in [4.69, 9.17) is 0 Å². The molecule has 5 heteroatoms. The number of ketones is 1. The first-order valence-corrected chi connectivity index (χ1v) is 2.61. The molecule has 0 fully saturated rings. The highest BCUT2D eigenvalue weighted by molar-refractivity contribution is 6.36. The van der Waals surface area contributed by atoms with E-state index in [0.29, 0.717) is 0 Å². The Balaban J connectivity index is 3.60. The number of amides is 2. The zero-order valence-corrected chi connectivity index (χ0v) is 5.51. The summed E-state index contributed by atoms with van der Waals surface area (Å²) >= 11 is 0. The molecule has 0 atom stereocenters. The predicted molar refractivity (Wildman–Crippen MR) is 32.9 cm³/mol. The molecule has 0 spiro atoms. The highest BCUT2D eigenvalue weighted by atomic mass is 16.2. The average molecular weight is 144 g/mol. The lowest BCUT2D eigenvalue weighted by Gasteiger charge is -1.95. The Hall–Kier alpha value is -1.39. The number of carbonyl (C=O) groups excluding carboxylic acids is 3. The summed E-state index contributed by atoms with van der Waals surface area (Å²) in [7, 11) is 0. The Morgan fingerprint density at radius 2 is 1.90 bits per heavy atom. The van der Waals surface area contributed by atoms with Crippen LogP contribution < -0.4 is 11.1 Å². The zero-order valence-electron chi connectivity index (χ0n) is 5.51. The fourth-order valence-corrected chi connectivity index (χ4v) is 0.292. The summed E-state index contributed by atoms with van der Waals surface area (Å²) in [5, 5.41) is 2.14. The second-order valence-electron chi connectivity index (χ2n) is 1.70. The van der Waals surface area contributed by atoms with Gasteiger partial charge in [-0.05, 0) is 0 Å². The number of nitrogens with one attached hydrogen (secondary N) is 1. The molecule has 0 aromatic heterocycles. The lowest BCUT2D eigenvalue weighted by molar-refractivity contribution is -0.136. The van der Waals surface area contributed by atoms with E-state index in [9.17, 15) is 14.4 Å². The number of hydrogen-bond donors (Lipinski definition) is 2. The van der Waals surface area contributed by atoms with Crippen LogP contribution in [0.15, 0.2) is 0 Å². The second kappa shape index (κ2) is 3.60. The summed E-state index contributed by atoms with van der Waals surface area (Å²) in [6.07, 6.45) is 0. The highest BCUT2D eigenvalue weighted by Crippen LogP contribution is 1.66. The summed E-state index contributed by atoms with van der Waals surface area (Å²) in [6, 6.07) is 0. The maximum absolute atomic E-state index is 10.4. The summed E-state index contributed by atoms with van der Waals surface area (Å²) in [6.45, 7) is 0.930. The molecule has 0 bridgehead atoms. The molecule has 0 heterocycles. The van der Waals surface area contributed by atoms with Crippen molar-refractivity contribution >= 4 is 17.6 Å². The van der Waals surface area contributed by atoms with Gasteiger partial charge >= 0.3 is 0 Å². The van der Waals surface area contributed by atoms with E-state index in [1.54, 1.807) is 0 Å². The van der Waals surface area contributed by atoms with Crippen molar-refractivity contribution in [1.82, 2.24) is 5.32 Å². The molecule has 2 amide bonds. The molecule has 0 saturated carbocycles. The topological polar surface area (TPSA) is 89.3 Å². The number of hydrogen-bond acceptors (Lipinski definition) is 3. The molecule has 0 aliphatic rings. The number of nitrogens with two attached hydrogens (primary N) is 1. The van der Waals surface area contributed by atoms with Crippen LogP contribution >= 0.6 is 0 Å². The predicted octanol–water partition coefficient (Wildman–Crippen LogP) is -1.82. The maximum atomic E-state index is 10.4. The van der Waals surface area contributed by atoms with Crippen LogP contribution in [-0.4, -0.2) is 24.1 Å². The number of primary amides is 1. The van der Waals surface area contributed by atoms with Crippen molar-refractivity contribution in [2.75, 3.05) is 6.54 Å². The first-order chi connectivity index (χ1) is 4.54. The van der Waals surface area contributed by atoms with Crippen molar-refractivity contribution in [3.8, 4) is 0 Å². The van der Waals surface area contributed by atoms with Crippen LogP contribution in [0.25, 0.3) is 0 Å². The Morgan fingerprint density at radius 3 is 2.20 bits per heavy atom. The van der Waals surface area contributed by atoms with Gasteiger partial charge in [0.15, 0.2) is 0 Å². The summed E-state index contributed by atoms with van der Waals surface area (Å²) in [5.41, 5.74) is 4.58.